The smallest absolute Gasteiger partial charge is 0.350 e. The molecule has 0 spiro atoms. The van der Waals surface area contributed by atoms with E-state index in [0.717, 1.165) is 35.4 Å². The van der Waals surface area contributed by atoms with Crippen molar-refractivity contribution in [1.29, 1.82) is 0 Å². The lowest BCUT2D eigenvalue weighted by atomic mass is 10.1. The summed E-state index contributed by atoms with van der Waals surface area (Å²) in [5, 5.41) is 5.21. The van der Waals surface area contributed by atoms with Crippen LogP contribution in [0.2, 0.25) is 0 Å². The Balaban J connectivity index is 1.46. The van der Waals surface area contributed by atoms with Gasteiger partial charge in [-0.1, -0.05) is 12.1 Å². The Morgan fingerprint density at radius 2 is 1.20 bits per heavy atom. The molecule has 0 aliphatic rings. The highest BCUT2D eigenvalue weighted by atomic mass is 19.4. The third-order valence-corrected chi connectivity index (χ3v) is 4.21. The molecule has 0 saturated carbocycles. The van der Waals surface area contributed by atoms with Gasteiger partial charge in [0.15, 0.2) is 0 Å². The number of nitrogens with zero attached hydrogens (tertiary/aromatic N) is 2. The molecule has 1 aromatic heterocycles. The minimum atomic E-state index is -4.45. The number of benzene rings is 2. The van der Waals surface area contributed by atoms with E-state index in [0.29, 0.717) is 5.56 Å². The largest absolute Gasteiger partial charge is 0.416 e. The summed E-state index contributed by atoms with van der Waals surface area (Å²) in [6.45, 7) is 0.296. The molecule has 30 heavy (non-hydrogen) atoms. The zero-order chi connectivity index (χ0) is 21.6. The number of aromatic nitrogens is 2. The topological polar surface area (TPSA) is 84.0 Å². The normalized spacial score (nSPS) is 11.0. The summed E-state index contributed by atoms with van der Waals surface area (Å²) in [6.07, 6.45) is 0.316. The zero-order valence-electron chi connectivity index (χ0n) is 15.6. The van der Waals surface area contributed by atoms with Crippen molar-refractivity contribution in [2.45, 2.75) is 6.18 Å². The number of alkyl halides is 3. The molecular formula is C21H17F3N4O2. The van der Waals surface area contributed by atoms with Crippen LogP contribution in [0.4, 0.5) is 13.2 Å². The molecule has 2 amide bonds. The van der Waals surface area contributed by atoms with Gasteiger partial charge in [0.1, 0.15) is 6.33 Å². The summed E-state index contributed by atoms with van der Waals surface area (Å²) in [5.41, 5.74) is 1.43. The quantitative estimate of drug-likeness (QED) is 0.606. The molecule has 3 aromatic rings. The first-order valence-electron chi connectivity index (χ1n) is 8.94. The predicted octanol–water partition coefficient (Wildman–Crippen LogP) is 3.32. The molecule has 6 nitrogen and oxygen atoms in total. The van der Waals surface area contributed by atoms with Gasteiger partial charge in [0.25, 0.3) is 11.8 Å². The third kappa shape index (κ3) is 5.40. The average molecular weight is 414 g/mol. The molecule has 2 N–H and O–H groups in total. The second kappa shape index (κ2) is 9.17. The molecule has 0 atom stereocenters. The fraction of sp³-hybridized carbons (Fsp3) is 0.143. The molecule has 3 rings (SSSR count). The Bertz CT molecular complexity index is 1010. The Morgan fingerprint density at radius 3 is 1.67 bits per heavy atom. The van der Waals surface area contributed by atoms with Crippen LogP contribution in [0, 0.1) is 0 Å². The van der Waals surface area contributed by atoms with E-state index in [1.54, 1.807) is 36.7 Å². The molecule has 0 unspecified atom stereocenters. The second-order valence-electron chi connectivity index (χ2n) is 6.29. The Kier molecular flexibility index (Phi) is 6.41. The van der Waals surface area contributed by atoms with Gasteiger partial charge in [-0.3, -0.25) is 9.59 Å². The van der Waals surface area contributed by atoms with E-state index in [1.165, 1.54) is 6.33 Å². The van der Waals surface area contributed by atoms with Crippen LogP contribution in [-0.2, 0) is 6.18 Å². The first-order valence-corrected chi connectivity index (χ1v) is 8.94. The van der Waals surface area contributed by atoms with Gasteiger partial charge in [-0.05, 0) is 42.0 Å². The highest BCUT2D eigenvalue weighted by Gasteiger charge is 2.30. The monoisotopic (exact) mass is 414 g/mol. The minimum absolute atomic E-state index is 0.106. The van der Waals surface area contributed by atoms with Crippen LogP contribution in [0.3, 0.4) is 0 Å². The van der Waals surface area contributed by atoms with Crippen molar-refractivity contribution in [2.24, 2.45) is 0 Å². The van der Waals surface area contributed by atoms with Crippen LogP contribution in [0.1, 0.15) is 26.3 Å². The lowest BCUT2D eigenvalue weighted by Crippen LogP contribution is -2.34. The van der Waals surface area contributed by atoms with Gasteiger partial charge in [0.05, 0.1) is 5.56 Å². The molecule has 1 heterocycles. The van der Waals surface area contributed by atoms with Crippen molar-refractivity contribution < 1.29 is 22.8 Å². The molecule has 154 valence electrons. The van der Waals surface area contributed by atoms with Crippen LogP contribution in [0.15, 0.2) is 67.3 Å². The van der Waals surface area contributed by atoms with Gasteiger partial charge in [-0.2, -0.15) is 13.2 Å². The Labute approximate surface area is 170 Å². The number of rotatable bonds is 6. The van der Waals surface area contributed by atoms with Gasteiger partial charge >= 0.3 is 6.18 Å². The molecule has 9 heteroatoms. The number of halogens is 3. The van der Waals surface area contributed by atoms with Gasteiger partial charge < -0.3 is 10.6 Å². The fourth-order valence-electron chi connectivity index (χ4n) is 2.63. The SMILES string of the molecule is O=C(NCCNC(=O)c1ccc(C(F)(F)F)cc1)c1ccc(-c2cncnc2)cc1. The van der Waals surface area contributed by atoms with Crippen molar-refractivity contribution >= 4 is 11.8 Å². The second-order valence-corrected chi connectivity index (χ2v) is 6.29. The van der Waals surface area contributed by atoms with Crippen LogP contribution >= 0.6 is 0 Å². The van der Waals surface area contributed by atoms with Crippen LogP contribution in [-0.4, -0.2) is 34.9 Å². The van der Waals surface area contributed by atoms with Crippen LogP contribution in [0.5, 0.6) is 0 Å². The average Bonchev–Trinajstić information content (AvgIpc) is 2.76. The molecule has 0 aliphatic heterocycles. The zero-order valence-corrected chi connectivity index (χ0v) is 15.6. The number of carbonyl (C=O) groups is 2. The summed E-state index contributed by atoms with van der Waals surface area (Å²) in [5.74, 6) is -0.831. The van der Waals surface area contributed by atoms with E-state index in [4.69, 9.17) is 0 Å². The van der Waals surface area contributed by atoms with Crippen molar-refractivity contribution in [2.75, 3.05) is 13.1 Å². The van der Waals surface area contributed by atoms with Crippen molar-refractivity contribution in [1.82, 2.24) is 20.6 Å². The summed E-state index contributed by atoms with van der Waals surface area (Å²) in [4.78, 5) is 32.1. The summed E-state index contributed by atoms with van der Waals surface area (Å²) in [7, 11) is 0. The van der Waals surface area contributed by atoms with Crippen LogP contribution < -0.4 is 10.6 Å². The maximum atomic E-state index is 12.5. The number of nitrogens with one attached hydrogen (secondary N) is 2. The van der Waals surface area contributed by atoms with E-state index in [9.17, 15) is 22.8 Å². The van der Waals surface area contributed by atoms with Crippen molar-refractivity contribution in [3.05, 3.63) is 83.9 Å². The molecule has 0 bridgehead atoms. The third-order valence-electron chi connectivity index (χ3n) is 4.21. The lowest BCUT2D eigenvalue weighted by Gasteiger charge is -2.09. The van der Waals surface area contributed by atoms with E-state index in [2.05, 4.69) is 20.6 Å². The van der Waals surface area contributed by atoms with E-state index in [-0.39, 0.29) is 24.6 Å². The highest BCUT2D eigenvalue weighted by molar-refractivity contribution is 5.95. The first-order chi connectivity index (χ1) is 14.3. The minimum Gasteiger partial charge on any atom is -0.350 e. The molecular weight excluding hydrogens is 397 g/mol. The number of hydrogen-bond donors (Lipinski definition) is 2. The summed E-state index contributed by atoms with van der Waals surface area (Å²) in [6, 6.07) is 10.8. The number of amides is 2. The lowest BCUT2D eigenvalue weighted by molar-refractivity contribution is -0.137. The highest BCUT2D eigenvalue weighted by Crippen LogP contribution is 2.29. The first kappa shape index (κ1) is 21.0. The van der Waals surface area contributed by atoms with Gasteiger partial charge in [0, 0.05) is 42.2 Å². The van der Waals surface area contributed by atoms with Gasteiger partial charge in [0.2, 0.25) is 0 Å². The molecule has 0 radical (unpaired) electrons. The Morgan fingerprint density at radius 1 is 0.733 bits per heavy atom. The van der Waals surface area contributed by atoms with E-state index >= 15 is 0 Å². The number of hydrogen-bond acceptors (Lipinski definition) is 4. The maximum absolute atomic E-state index is 12.5. The van der Waals surface area contributed by atoms with E-state index in [1.807, 2.05) is 0 Å². The van der Waals surface area contributed by atoms with Crippen molar-refractivity contribution in [3.63, 3.8) is 0 Å². The molecule has 0 aliphatic carbocycles. The van der Waals surface area contributed by atoms with Crippen LogP contribution in [0.25, 0.3) is 11.1 Å². The summed E-state index contributed by atoms with van der Waals surface area (Å²) < 4.78 is 37.6. The molecule has 0 saturated heterocycles. The van der Waals surface area contributed by atoms with Crippen molar-refractivity contribution in [3.8, 4) is 11.1 Å². The van der Waals surface area contributed by atoms with E-state index < -0.39 is 17.6 Å². The molecule has 2 aromatic carbocycles. The standard InChI is InChI=1S/C21H17F3N4O2/c22-21(23,24)18-7-5-16(6-8-18)20(30)28-10-9-27-19(29)15-3-1-14(2-4-15)17-11-25-13-26-12-17/h1-8,11-13H,9-10H2,(H,27,29)(H,28,30). The molecule has 0 fully saturated rings. The van der Waals surface area contributed by atoms with Gasteiger partial charge in [-0.25, -0.2) is 9.97 Å². The maximum Gasteiger partial charge on any atom is 0.416 e. The van der Waals surface area contributed by atoms with Gasteiger partial charge in [-0.15, -0.1) is 0 Å². The number of carbonyl (C=O) groups excluding carboxylic acids is 2. The summed E-state index contributed by atoms with van der Waals surface area (Å²) >= 11 is 0. The Hall–Kier alpha value is -3.75. The predicted molar refractivity (Wildman–Crippen MR) is 104 cm³/mol. The fourth-order valence-corrected chi connectivity index (χ4v) is 2.63.